The number of benzene rings is 1. The maximum Gasteiger partial charge on any atom is 0.107 e. The normalized spacial score (nSPS) is 11.8. The molecule has 2 aromatic rings. The molecule has 0 amide bonds. The summed E-state index contributed by atoms with van der Waals surface area (Å²) in [5.74, 6) is 0. The van der Waals surface area contributed by atoms with E-state index in [0.717, 1.165) is 5.01 Å². The van der Waals surface area contributed by atoms with Crippen LogP contribution in [-0.4, -0.2) is 4.98 Å². The Morgan fingerprint density at radius 1 is 1.22 bits per heavy atom. The standard InChI is InChI=1S/C14H18N2S2/c1-14(2,3)10-4-6-11(7-5-10)17-13-9-16-12(8-15)18-13/h4-7,9H,8,15H2,1-3H3. The molecule has 0 spiro atoms. The Hall–Kier alpha value is -0.840. The first-order valence-electron chi connectivity index (χ1n) is 5.92. The van der Waals surface area contributed by atoms with Crippen molar-refractivity contribution in [2.75, 3.05) is 0 Å². The molecule has 0 aliphatic heterocycles. The monoisotopic (exact) mass is 278 g/mol. The summed E-state index contributed by atoms with van der Waals surface area (Å²) in [6.07, 6.45) is 1.90. The number of nitrogens with two attached hydrogens (primary N) is 1. The van der Waals surface area contributed by atoms with Crippen molar-refractivity contribution in [1.82, 2.24) is 4.98 Å². The Labute approximate surface area is 117 Å². The summed E-state index contributed by atoms with van der Waals surface area (Å²) in [5.41, 5.74) is 7.13. The molecule has 2 nitrogen and oxygen atoms in total. The third-order valence-electron chi connectivity index (χ3n) is 2.65. The maximum absolute atomic E-state index is 5.56. The van der Waals surface area contributed by atoms with Gasteiger partial charge in [0.05, 0.1) is 10.4 Å². The number of aromatic nitrogens is 1. The molecule has 0 fully saturated rings. The molecular weight excluding hydrogens is 260 g/mol. The first-order chi connectivity index (χ1) is 8.49. The van der Waals surface area contributed by atoms with E-state index in [2.05, 4.69) is 50.0 Å². The zero-order valence-corrected chi connectivity index (χ0v) is 12.6. The van der Waals surface area contributed by atoms with E-state index in [1.54, 1.807) is 23.1 Å². The summed E-state index contributed by atoms with van der Waals surface area (Å²) >= 11 is 3.41. The van der Waals surface area contributed by atoms with Gasteiger partial charge in [-0.1, -0.05) is 44.7 Å². The van der Waals surface area contributed by atoms with Gasteiger partial charge in [-0.05, 0) is 23.1 Å². The van der Waals surface area contributed by atoms with Crippen LogP contribution in [0.2, 0.25) is 0 Å². The number of rotatable bonds is 3. The van der Waals surface area contributed by atoms with Crippen molar-refractivity contribution in [3.8, 4) is 0 Å². The van der Waals surface area contributed by atoms with Crippen LogP contribution < -0.4 is 5.73 Å². The number of hydrogen-bond acceptors (Lipinski definition) is 4. The quantitative estimate of drug-likeness (QED) is 0.920. The lowest BCUT2D eigenvalue weighted by atomic mass is 9.87. The molecule has 0 bridgehead atoms. The van der Waals surface area contributed by atoms with Gasteiger partial charge in [0, 0.05) is 11.4 Å². The van der Waals surface area contributed by atoms with E-state index in [1.165, 1.54) is 14.7 Å². The summed E-state index contributed by atoms with van der Waals surface area (Å²) in [6, 6.07) is 8.75. The molecule has 1 aromatic carbocycles. The van der Waals surface area contributed by atoms with Crippen LogP contribution in [0.5, 0.6) is 0 Å². The number of nitrogens with zero attached hydrogens (tertiary/aromatic N) is 1. The molecule has 1 heterocycles. The van der Waals surface area contributed by atoms with Crippen molar-refractivity contribution in [3.05, 3.63) is 41.0 Å². The lowest BCUT2D eigenvalue weighted by Gasteiger charge is -2.18. The lowest BCUT2D eigenvalue weighted by molar-refractivity contribution is 0.590. The number of thiazole rings is 1. The van der Waals surface area contributed by atoms with Gasteiger partial charge < -0.3 is 5.73 Å². The minimum Gasteiger partial charge on any atom is -0.325 e. The van der Waals surface area contributed by atoms with Crippen LogP contribution in [-0.2, 0) is 12.0 Å². The van der Waals surface area contributed by atoms with Crippen molar-refractivity contribution < 1.29 is 0 Å². The molecule has 18 heavy (non-hydrogen) atoms. The number of hydrogen-bond donors (Lipinski definition) is 1. The second-order valence-electron chi connectivity index (χ2n) is 5.15. The molecule has 2 rings (SSSR count). The van der Waals surface area contributed by atoms with Crippen molar-refractivity contribution in [2.24, 2.45) is 5.73 Å². The lowest BCUT2D eigenvalue weighted by Crippen LogP contribution is -2.10. The highest BCUT2D eigenvalue weighted by atomic mass is 32.2. The molecule has 0 saturated heterocycles. The molecule has 96 valence electrons. The molecule has 2 N–H and O–H groups in total. The summed E-state index contributed by atoms with van der Waals surface area (Å²) in [5, 5.41) is 0.990. The first kappa shape index (κ1) is 13.6. The van der Waals surface area contributed by atoms with E-state index in [4.69, 9.17) is 5.73 Å². The fourth-order valence-electron chi connectivity index (χ4n) is 1.57. The van der Waals surface area contributed by atoms with Gasteiger partial charge in [0.25, 0.3) is 0 Å². The first-order valence-corrected chi connectivity index (χ1v) is 7.55. The van der Waals surface area contributed by atoms with Gasteiger partial charge in [0.15, 0.2) is 0 Å². The second-order valence-corrected chi connectivity index (χ2v) is 7.64. The summed E-state index contributed by atoms with van der Waals surface area (Å²) < 4.78 is 1.19. The third kappa shape index (κ3) is 3.34. The van der Waals surface area contributed by atoms with Crippen molar-refractivity contribution >= 4 is 23.1 Å². The van der Waals surface area contributed by atoms with Crippen LogP contribution in [0, 0.1) is 0 Å². The highest BCUT2D eigenvalue weighted by Crippen LogP contribution is 2.33. The van der Waals surface area contributed by atoms with Gasteiger partial charge >= 0.3 is 0 Å². The summed E-state index contributed by atoms with van der Waals surface area (Å²) in [7, 11) is 0. The molecular formula is C14H18N2S2. The van der Waals surface area contributed by atoms with Crippen LogP contribution in [0.25, 0.3) is 0 Å². The smallest absolute Gasteiger partial charge is 0.107 e. The molecule has 0 aliphatic rings. The van der Waals surface area contributed by atoms with Gasteiger partial charge in [-0.3, -0.25) is 0 Å². The van der Waals surface area contributed by atoms with E-state index in [-0.39, 0.29) is 5.41 Å². The summed E-state index contributed by atoms with van der Waals surface area (Å²) in [4.78, 5) is 5.51. The van der Waals surface area contributed by atoms with Crippen molar-refractivity contribution in [3.63, 3.8) is 0 Å². The largest absolute Gasteiger partial charge is 0.325 e. The molecule has 0 aliphatic carbocycles. The average molecular weight is 278 g/mol. The summed E-state index contributed by atoms with van der Waals surface area (Å²) in [6.45, 7) is 7.21. The molecule has 4 heteroatoms. The van der Waals surface area contributed by atoms with Crippen LogP contribution in [0.3, 0.4) is 0 Å². The van der Waals surface area contributed by atoms with E-state index < -0.39 is 0 Å². The molecule has 0 unspecified atom stereocenters. The van der Waals surface area contributed by atoms with E-state index in [1.807, 2.05) is 6.20 Å². The van der Waals surface area contributed by atoms with Crippen LogP contribution in [0.15, 0.2) is 39.6 Å². The van der Waals surface area contributed by atoms with Crippen LogP contribution in [0.1, 0.15) is 31.3 Å². The topological polar surface area (TPSA) is 38.9 Å². The molecule has 0 atom stereocenters. The fraction of sp³-hybridized carbons (Fsp3) is 0.357. The molecule has 0 saturated carbocycles. The van der Waals surface area contributed by atoms with E-state index in [0.29, 0.717) is 6.54 Å². The predicted molar refractivity (Wildman–Crippen MR) is 79.3 cm³/mol. The van der Waals surface area contributed by atoms with Crippen molar-refractivity contribution in [2.45, 2.75) is 41.8 Å². The van der Waals surface area contributed by atoms with Gasteiger partial charge in [-0.15, -0.1) is 11.3 Å². The zero-order valence-electron chi connectivity index (χ0n) is 10.9. The highest BCUT2D eigenvalue weighted by molar-refractivity contribution is 8.01. The molecule has 1 aromatic heterocycles. The minimum absolute atomic E-state index is 0.209. The van der Waals surface area contributed by atoms with Gasteiger partial charge in [-0.25, -0.2) is 4.98 Å². The fourth-order valence-corrected chi connectivity index (χ4v) is 3.45. The van der Waals surface area contributed by atoms with Crippen LogP contribution in [0.4, 0.5) is 0 Å². The average Bonchev–Trinajstić information content (AvgIpc) is 2.76. The zero-order chi connectivity index (χ0) is 13.2. The Kier molecular flexibility index (Phi) is 4.10. The third-order valence-corrected chi connectivity index (χ3v) is 4.77. The minimum atomic E-state index is 0.209. The SMILES string of the molecule is CC(C)(C)c1ccc(Sc2cnc(CN)s2)cc1. The van der Waals surface area contributed by atoms with Gasteiger partial charge in [0.1, 0.15) is 5.01 Å². The van der Waals surface area contributed by atoms with Crippen molar-refractivity contribution in [1.29, 1.82) is 0 Å². The molecule has 0 radical (unpaired) electrons. The Morgan fingerprint density at radius 2 is 1.89 bits per heavy atom. The Balaban J connectivity index is 2.11. The van der Waals surface area contributed by atoms with Crippen LogP contribution >= 0.6 is 23.1 Å². The predicted octanol–water partition coefficient (Wildman–Crippen LogP) is 4.05. The maximum atomic E-state index is 5.56. The van der Waals surface area contributed by atoms with E-state index >= 15 is 0 Å². The van der Waals surface area contributed by atoms with E-state index in [9.17, 15) is 0 Å². The second kappa shape index (κ2) is 5.43. The Morgan fingerprint density at radius 3 is 2.39 bits per heavy atom. The Bertz CT molecular complexity index is 509. The van der Waals surface area contributed by atoms with Gasteiger partial charge in [-0.2, -0.15) is 0 Å². The van der Waals surface area contributed by atoms with Gasteiger partial charge in [0.2, 0.25) is 0 Å². The highest BCUT2D eigenvalue weighted by Gasteiger charge is 2.13.